The first-order valence-electron chi connectivity index (χ1n) is 19.2. The maximum Gasteiger partial charge on any atom is 0.315 e. The van der Waals surface area contributed by atoms with Gasteiger partial charge in [-0.25, -0.2) is 0 Å². The highest BCUT2D eigenvalue weighted by Crippen LogP contribution is 2.41. The van der Waals surface area contributed by atoms with E-state index in [-0.39, 0.29) is 42.6 Å². The van der Waals surface area contributed by atoms with Crippen molar-refractivity contribution < 1.29 is 47.9 Å². The van der Waals surface area contributed by atoms with E-state index in [1.807, 2.05) is 113 Å². The van der Waals surface area contributed by atoms with Gasteiger partial charge in [-0.1, -0.05) is 143 Å². The minimum absolute atomic E-state index is 0. The molecule has 1 heterocycles. The smallest absolute Gasteiger partial charge is 0.315 e. The topological polar surface area (TPSA) is 66.8 Å². The predicted molar refractivity (Wildman–Crippen MR) is 208 cm³/mol. The third-order valence-electron chi connectivity index (χ3n) is 11.3. The van der Waals surface area contributed by atoms with Gasteiger partial charge in [0.1, 0.15) is 11.0 Å². The lowest BCUT2D eigenvalue weighted by Gasteiger charge is -2.48. The highest BCUT2D eigenvalue weighted by Gasteiger charge is 2.49. The standard InChI is InChI=1S/C44H62ClN2O4.HI/c1-6-7-8-9-10-11-12-19-28-42(2,3)41(49)51-35-47(32-29-43(50,30-33-47)36-24-26-39(45)27-25-36)34-31-44(40(48)46(4)5,37-20-15-13-16-21-37)38-22-17-14-18-23-38;/h13-18,20-27,50H,6-12,19,28-35H2,1-5H3;1H/q+1;/p-1. The van der Waals surface area contributed by atoms with E-state index in [4.69, 9.17) is 16.3 Å². The number of halogens is 2. The molecule has 1 N–H and O–H groups in total. The lowest BCUT2D eigenvalue weighted by Crippen LogP contribution is -3.00. The number of benzene rings is 3. The number of hydrogen-bond donors (Lipinski definition) is 1. The molecule has 0 bridgehead atoms. The summed E-state index contributed by atoms with van der Waals surface area (Å²) in [7, 11) is 3.63. The zero-order valence-electron chi connectivity index (χ0n) is 32.2. The van der Waals surface area contributed by atoms with Crippen molar-refractivity contribution in [2.75, 3.05) is 40.5 Å². The van der Waals surface area contributed by atoms with Crippen LogP contribution < -0.4 is 24.0 Å². The number of likely N-dealkylation sites (N-methyl/N-ethyl adjacent to an activating group) is 1. The number of carbonyl (C=O) groups is 2. The number of likely N-dealkylation sites (tertiary alicyclic amines) is 1. The highest BCUT2D eigenvalue weighted by atomic mass is 127. The number of quaternary nitrogens is 1. The second-order valence-corrected chi connectivity index (χ2v) is 16.2. The molecule has 0 spiro atoms. The van der Waals surface area contributed by atoms with E-state index >= 15 is 0 Å². The molecule has 1 aliphatic heterocycles. The summed E-state index contributed by atoms with van der Waals surface area (Å²) in [5.74, 6) is -0.167. The second-order valence-electron chi connectivity index (χ2n) is 15.8. The maximum atomic E-state index is 14.5. The number of ether oxygens (including phenoxy) is 1. The van der Waals surface area contributed by atoms with Gasteiger partial charge in [0.05, 0.1) is 25.0 Å². The molecular weight excluding hydrogens is 783 g/mol. The van der Waals surface area contributed by atoms with Crippen molar-refractivity contribution in [3.05, 3.63) is 107 Å². The molecule has 6 nitrogen and oxygen atoms in total. The first kappa shape index (κ1) is 43.9. The number of unbranched alkanes of at least 4 members (excludes halogenated alkanes) is 7. The van der Waals surface area contributed by atoms with E-state index < -0.39 is 16.4 Å². The third kappa shape index (κ3) is 11.3. The zero-order valence-corrected chi connectivity index (χ0v) is 35.1. The van der Waals surface area contributed by atoms with Crippen molar-refractivity contribution in [2.24, 2.45) is 5.41 Å². The van der Waals surface area contributed by atoms with Crippen LogP contribution in [0.5, 0.6) is 0 Å². The molecule has 8 heteroatoms. The van der Waals surface area contributed by atoms with E-state index in [1.54, 1.807) is 4.90 Å². The molecule has 1 fully saturated rings. The minimum Gasteiger partial charge on any atom is -1.00 e. The van der Waals surface area contributed by atoms with Crippen LogP contribution in [0.25, 0.3) is 0 Å². The minimum atomic E-state index is -1.01. The number of rotatable bonds is 19. The van der Waals surface area contributed by atoms with Crippen molar-refractivity contribution in [2.45, 2.75) is 109 Å². The molecule has 3 aromatic rings. The van der Waals surface area contributed by atoms with Gasteiger partial charge in [-0.2, -0.15) is 0 Å². The van der Waals surface area contributed by atoms with Crippen molar-refractivity contribution in [1.82, 2.24) is 4.90 Å². The monoisotopic (exact) mass is 844 g/mol. The van der Waals surface area contributed by atoms with Gasteiger partial charge in [0.15, 0.2) is 0 Å². The molecule has 1 amide bonds. The van der Waals surface area contributed by atoms with Crippen LogP contribution in [0.4, 0.5) is 0 Å². The largest absolute Gasteiger partial charge is 1.00 e. The second kappa shape index (κ2) is 20.3. The van der Waals surface area contributed by atoms with Gasteiger partial charge in [-0.05, 0) is 49.1 Å². The average molecular weight is 845 g/mol. The van der Waals surface area contributed by atoms with Gasteiger partial charge in [-0.15, -0.1) is 0 Å². The summed E-state index contributed by atoms with van der Waals surface area (Å²) in [5.41, 5.74) is 0.171. The van der Waals surface area contributed by atoms with Crippen LogP contribution in [-0.4, -0.2) is 66.8 Å². The molecule has 1 aliphatic rings. The van der Waals surface area contributed by atoms with E-state index in [2.05, 4.69) is 6.92 Å². The van der Waals surface area contributed by atoms with Gasteiger partial charge < -0.3 is 38.7 Å². The summed E-state index contributed by atoms with van der Waals surface area (Å²) < 4.78 is 6.76. The van der Waals surface area contributed by atoms with Crippen LogP contribution in [0.2, 0.25) is 5.02 Å². The van der Waals surface area contributed by atoms with E-state index in [0.717, 1.165) is 36.0 Å². The molecule has 0 saturated carbocycles. The fourth-order valence-corrected chi connectivity index (χ4v) is 7.91. The van der Waals surface area contributed by atoms with Crippen molar-refractivity contribution in [3.8, 4) is 0 Å². The number of aliphatic hydroxyl groups is 1. The first-order chi connectivity index (χ1) is 24.4. The summed E-state index contributed by atoms with van der Waals surface area (Å²) in [6.45, 7) is 8.23. The summed E-state index contributed by atoms with van der Waals surface area (Å²) in [6.07, 6.45) is 12.1. The molecule has 0 aromatic heterocycles. The number of esters is 1. The van der Waals surface area contributed by atoms with E-state index in [1.165, 1.54) is 38.5 Å². The van der Waals surface area contributed by atoms with Gasteiger partial charge >= 0.3 is 5.97 Å². The molecule has 286 valence electrons. The summed E-state index contributed by atoms with van der Waals surface area (Å²) >= 11 is 6.19. The number of piperidine rings is 1. The Labute approximate surface area is 335 Å². The molecule has 52 heavy (non-hydrogen) atoms. The van der Waals surface area contributed by atoms with Crippen LogP contribution in [0.3, 0.4) is 0 Å². The Hall–Kier alpha value is -2.46. The summed E-state index contributed by atoms with van der Waals surface area (Å²) in [6, 6.07) is 27.5. The Morgan fingerprint density at radius 2 is 1.29 bits per heavy atom. The molecule has 0 radical (unpaired) electrons. The third-order valence-corrected chi connectivity index (χ3v) is 11.6. The zero-order chi connectivity index (χ0) is 37.0. The predicted octanol–water partition coefficient (Wildman–Crippen LogP) is 6.66. The Bertz CT molecular complexity index is 1470. The molecular formula is C44H62ClIN2O4. The lowest BCUT2D eigenvalue weighted by atomic mass is 9.70. The van der Waals surface area contributed by atoms with E-state index in [0.29, 0.717) is 48.4 Å². The molecule has 0 aliphatic carbocycles. The van der Waals surface area contributed by atoms with Gasteiger partial charge in [0, 0.05) is 38.4 Å². The fraction of sp³-hybridized carbons (Fsp3) is 0.545. The molecule has 1 saturated heterocycles. The van der Waals surface area contributed by atoms with Gasteiger partial charge in [0.25, 0.3) is 0 Å². The van der Waals surface area contributed by atoms with Crippen molar-refractivity contribution in [3.63, 3.8) is 0 Å². The average Bonchev–Trinajstić information content (AvgIpc) is 3.14. The van der Waals surface area contributed by atoms with Crippen molar-refractivity contribution in [1.29, 1.82) is 0 Å². The van der Waals surface area contributed by atoms with Crippen LogP contribution in [-0.2, 0) is 25.3 Å². The van der Waals surface area contributed by atoms with Crippen LogP contribution in [0.1, 0.15) is 115 Å². The quantitative estimate of drug-likeness (QED) is 0.0635. The Kier molecular flexibility index (Phi) is 17.1. The molecule has 0 atom stereocenters. The number of hydrogen-bond acceptors (Lipinski definition) is 4. The first-order valence-corrected chi connectivity index (χ1v) is 19.6. The van der Waals surface area contributed by atoms with Crippen LogP contribution in [0, 0.1) is 5.41 Å². The number of carbonyl (C=O) groups excluding carboxylic acids is 2. The molecule has 4 rings (SSSR count). The number of amides is 1. The Morgan fingerprint density at radius 3 is 1.79 bits per heavy atom. The van der Waals surface area contributed by atoms with Gasteiger partial charge in [-0.3, -0.25) is 14.1 Å². The van der Waals surface area contributed by atoms with Crippen LogP contribution >= 0.6 is 11.6 Å². The van der Waals surface area contributed by atoms with Crippen LogP contribution in [0.15, 0.2) is 84.9 Å². The lowest BCUT2D eigenvalue weighted by molar-refractivity contribution is -0.950. The number of nitrogens with zero attached hydrogens (tertiary/aromatic N) is 2. The van der Waals surface area contributed by atoms with Gasteiger partial charge in [0.2, 0.25) is 12.6 Å². The SMILES string of the molecule is CCCCCCCCCCC(C)(C)C(=O)OC[N+]1(CCC(C(=O)N(C)C)(c2ccccc2)c2ccccc2)CCC(O)(c2ccc(Cl)cc2)CC1.[I-]. The summed E-state index contributed by atoms with van der Waals surface area (Å²) in [4.78, 5) is 29.9. The normalized spacial score (nSPS) is 19.1. The Morgan fingerprint density at radius 1 is 0.788 bits per heavy atom. The Balaban J connectivity index is 0.00000729. The maximum absolute atomic E-state index is 14.5. The summed E-state index contributed by atoms with van der Waals surface area (Å²) in [5, 5.41) is 12.5. The highest BCUT2D eigenvalue weighted by molar-refractivity contribution is 6.30. The van der Waals surface area contributed by atoms with E-state index in [9.17, 15) is 14.7 Å². The molecule has 0 unspecified atom stereocenters. The molecule has 3 aromatic carbocycles. The fourth-order valence-electron chi connectivity index (χ4n) is 7.78. The van der Waals surface area contributed by atoms with Crippen molar-refractivity contribution >= 4 is 23.5 Å².